The first kappa shape index (κ1) is 78.5. The second-order valence-electron chi connectivity index (χ2n) is 25.2. The number of carbonyl (C=O) groups excluding carboxylic acids is 11. The van der Waals surface area contributed by atoms with Crippen molar-refractivity contribution in [3.8, 4) is 0 Å². The number of imide groups is 1. The minimum Gasteiger partial charge on any atom is -0.445 e. The number of carbonyl (C=O) groups is 11. The average molecular weight is 1320 g/mol. The Labute approximate surface area is 554 Å². The molecule has 26 heteroatoms. The van der Waals surface area contributed by atoms with E-state index in [4.69, 9.17) is 19.9 Å². The molecule has 2 aromatic rings. The number of rotatable bonds is 40. The van der Waals surface area contributed by atoms with Crippen LogP contribution in [0.1, 0.15) is 157 Å². The molecular formula is C68H105N11O15. The van der Waals surface area contributed by atoms with Gasteiger partial charge in [0.2, 0.25) is 41.4 Å². The Morgan fingerprint density at radius 3 is 2.02 bits per heavy atom. The number of aliphatic hydroxyl groups is 1. The van der Waals surface area contributed by atoms with Crippen molar-refractivity contribution >= 4 is 71.0 Å². The fourth-order valence-electron chi connectivity index (χ4n) is 12.0. The number of nitrogens with two attached hydrogens (primary N) is 1. The third-order valence-corrected chi connectivity index (χ3v) is 17.5. The van der Waals surface area contributed by atoms with Crippen molar-refractivity contribution in [2.24, 2.45) is 29.4 Å². The topological polar surface area (TPSA) is 347 Å². The summed E-state index contributed by atoms with van der Waals surface area (Å²) >= 11 is 0. The zero-order valence-electron chi connectivity index (χ0n) is 57.1. The van der Waals surface area contributed by atoms with E-state index in [2.05, 4.69) is 31.9 Å². The molecule has 26 nitrogen and oxygen atoms in total. The van der Waals surface area contributed by atoms with Crippen LogP contribution < -0.4 is 37.6 Å². The molecule has 0 aliphatic carbocycles. The first-order chi connectivity index (χ1) is 44.7. The third kappa shape index (κ3) is 23.8. The van der Waals surface area contributed by atoms with Gasteiger partial charge in [0.25, 0.3) is 11.8 Å². The normalized spacial score (nSPS) is 17.0. The second-order valence-corrected chi connectivity index (χ2v) is 25.2. The zero-order chi connectivity index (χ0) is 69.8. The van der Waals surface area contributed by atoms with E-state index < -0.39 is 109 Å². The summed E-state index contributed by atoms with van der Waals surface area (Å²) in [7, 11) is 4.46. The standard InChI is InChI=1S/C68H105N11O15/c1-13-15-36-79(60(44(7)14-2)52(92-11)39-56(83)77-38-23-27-51(77)62(93-12)45(8)63(86)72-46(9)61(85)48-24-18-16-19-25-48)57(84)40-71-66(89)59(43(5)6)76(10)68(91)94-41-47-29-31-49(32-30-47)73-64(87)50(26-22-35-70-67(69)90)74-65(88)58(42(3)4)75-53(80)28-20-17-21-37-78-54(81)33-34-55(78)82/h16,18-19,24-25,29-34,42-46,50-52,58-62,85H,13-15,17,20-23,26-28,35-41H2,1-12H3,(H,71,89)(H,72,86)(H,73,87)(H,74,88)(H,75,80)(H3,69,70,90)/t44-,45+,46+,50-,51-,52+,58-,59-,60-,61+,62+/m0/s1. The Hall–Kier alpha value is -7.97. The maximum atomic E-state index is 14.5. The van der Waals surface area contributed by atoms with Crippen molar-refractivity contribution in [1.82, 2.24) is 46.2 Å². The van der Waals surface area contributed by atoms with Crippen molar-refractivity contribution in [2.75, 3.05) is 59.3 Å². The number of likely N-dealkylation sites (N-methyl/N-ethyl adjacent to an activating group) is 1. The van der Waals surface area contributed by atoms with Crippen molar-refractivity contribution in [3.05, 3.63) is 77.9 Å². The molecule has 4 rings (SSSR count). The van der Waals surface area contributed by atoms with E-state index in [1.165, 1.54) is 38.3 Å². The number of amides is 12. The lowest BCUT2D eigenvalue weighted by atomic mass is 9.89. The highest BCUT2D eigenvalue weighted by Crippen LogP contribution is 2.31. The number of anilines is 1. The number of methoxy groups -OCH3 is 2. The van der Waals surface area contributed by atoms with E-state index in [0.29, 0.717) is 74.8 Å². The van der Waals surface area contributed by atoms with Crippen LogP contribution in [-0.4, -0.2) is 192 Å². The third-order valence-electron chi connectivity index (χ3n) is 17.5. The van der Waals surface area contributed by atoms with E-state index in [-0.39, 0.29) is 86.8 Å². The highest BCUT2D eigenvalue weighted by atomic mass is 16.6. The molecule has 0 spiro atoms. The minimum absolute atomic E-state index is 0.0726. The molecule has 522 valence electrons. The summed E-state index contributed by atoms with van der Waals surface area (Å²) in [6, 6.07) is 9.90. The van der Waals surface area contributed by atoms with Gasteiger partial charge < -0.3 is 66.8 Å². The van der Waals surface area contributed by atoms with Gasteiger partial charge in [-0.05, 0) is 92.9 Å². The molecule has 0 aromatic heterocycles. The fraction of sp³-hybridized carbons (Fsp3) is 0.632. The molecule has 11 atom stereocenters. The number of aliphatic hydroxyl groups excluding tert-OH is 1. The monoisotopic (exact) mass is 1320 g/mol. The van der Waals surface area contributed by atoms with Gasteiger partial charge in [0.05, 0.1) is 55.3 Å². The number of hydrogen-bond donors (Lipinski definition) is 8. The average Bonchev–Trinajstić information content (AvgIpc) is 1.45. The molecule has 94 heavy (non-hydrogen) atoms. The molecule has 1 saturated heterocycles. The zero-order valence-corrected chi connectivity index (χ0v) is 57.1. The molecule has 0 radical (unpaired) electrons. The Morgan fingerprint density at radius 1 is 0.755 bits per heavy atom. The van der Waals surface area contributed by atoms with E-state index in [9.17, 15) is 57.8 Å². The summed E-state index contributed by atoms with van der Waals surface area (Å²) in [6.07, 6.45) is 4.42. The van der Waals surface area contributed by atoms with Crippen LogP contribution in [0.4, 0.5) is 15.3 Å². The van der Waals surface area contributed by atoms with Gasteiger partial charge in [0, 0.05) is 71.7 Å². The Bertz CT molecular complexity index is 2840. The van der Waals surface area contributed by atoms with Gasteiger partial charge in [0.15, 0.2) is 0 Å². The van der Waals surface area contributed by atoms with Gasteiger partial charge in [-0.2, -0.15) is 0 Å². The highest BCUT2D eigenvalue weighted by Gasteiger charge is 2.43. The van der Waals surface area contributed by atoms with Crippen LogP contribution in [0, 0.1) is 23.7 Å². The molecular weight excluding hydrogens is 1210 g/mol. The number of benzene rings is 2. The molecule has 9 N–H and O–H groups in total. The number of urea groups is 1. The SMILES string of the molecule is CCCCN(C(=O)CNC(=O)[C@H](C(C)C)N(C)C(=O)OCc1ccc(NC(=O)[C@H](CCCNC(N)=O)NC(=O)[C@@H](NC(=O)CCCCCN2C(=O)C=CC2=O)C(C)C)cc1)[C@@H]([C@@H](C)CC)[C@@H](CC(=O)N1CCC[C@H]1[C@H](OC)[C@@H](C)C(=O)N[C@H](C)[C@@H](O)c1ccccc1)OC. The predicted octanol–water partition coefficient (Wildman–Crippen LogP) is 5.22. The Balaban J connectivity index is 1.36. The number of nitrogens with zero attached hydrogens (tertiary/aromatic N) is 4. The second kappa shape index (κ2) is 39.7. The van der Waals surface area contributed by atoms with E-state index in [0.717, 1.165) is 11.3 Å². The number of unbranched alkanes of at least 4 members (excludes halogenated alkanes) is 3. The highest BCUT2D eigenvalue weighted by molar-refractivity contribution is 6.12. The lowest BCUT2D eigenvalue weighted by molar-refractivity contribution is -0.147. The molecule has 2 heterocycles. The maximum absolute atomic E-state index is 14.5. The van der Waals surface area contributed by atoms with Crippen LogP contribution in [0.5, 0.6) is 0 Å². The lowest BCUT2D eigenvalue weighted by Gasteiger charge is -2.41. The molecule has 2 aromatic carbocycles. The minimum atomic E-state index is -1.11. The molecule has 0 unspecified atom stereocenters. The summed E-state index contributed by atoms with van der Waals surface area (Å²) in [5.41, 5.74) is 6.78. The van der Waals surface area contributed by atoms with Crippen LogP contribution in [-0.2, 0) is 64.0 Å². The summed E-state index contributed by atoms with van der Waals surface area (Å²) in [6.45, 7) is 17.0. The van der Waals surface area contributed by atoms with Gasteiger partial charge in [-0.1, -0.05) is 117 Å². The van der Waals surface area contributed by atoms with Crippen molar-refractivity contribution < 1.29 is 72.1 Å². The number of hydrogen-bond acceptors (Lipinski definition) is 15. The quantitative estimate of drug-likeness (QED) is 0.0313. The van der Waals surface area contributed by atoms with Crippen LogP contribution in [0.3, 0.4) is 0 Å². The van der Waals surface area contributed by atoms with Crippen LogP contribution in [0.25, 0.3) is 0 Å². The van der Waals surface area contributed by atoms with Crippen molar-refractivity contribution in [3.63, 3.8) is 0 Å². The summed E-state index contributed by atoms with van der Waals surface area (Å²) in [5.74, 6) is -5.49. The van der Waals surface area contributed by atoms with Crippen molar-refractivity contribution in [2.45, 2.75) is 201 Å². The van der Waals surface area contributed by atoms with Gasteiger partial charge in [-0.25, -0.2) is 9.59 Å². The smallest absolute Gasteiger partial charge is 0.410 e. The van der Waals surface area contributed by atoms with Gasteiger partial charge in [-0.15, -0.1) is 0 Å². The summed E-state index contributed by atoms with van der Waals surface area (Å²) in [4.78, 5) is 152. The molecule has 2 aliphatic heterocycles. The van der Waals surface area contributed by atoms with E-state index in [1.54, 1.807) is 87.7 Å². The van der Waals surface area contributed by atoms with Crippen molar-refractivity contribution in [1.29, 1.82) is 0 Å². The number of ether oxygens (including phenoxy) is 3. The lowest BCUT2D eigenvalue weighted by Crippen LogP contribution is -2.57. The summed E-state index contributed by atoms with van der Waals surface area (Å²) < 4.78 is 17.8. The van der Waals surface area contributed by atoms with Crippen LogP contribution in [0.15, 0.2) is 66.7 Å². The number of likely N-dealkylation sites (tertiary alicyclic amines) is 1. The predicted molar refractivity (Wildman–Crippen MR) is 353 cm³/mol. The largest absolute Gasteiger partial charge is 0.445 e. The maximum Gasteiger partial charge on any atom is 0.410 e. The number of nitrogens with one attached hydrogen (secondary N) is 6. The first-order valence-electron chi connectivity index (χ1n) is 33.1. The van der Waals surface area contributed by atoms with Crippen LogP contribution >= 0.6 is 0 Å². The van der Waals surface area contributed by atoms with E-state index >= 15 is 0 Å². The Morgan fingerprint density at radius 2 is 1.43 bits per heavy atom. The molecule has 0 bridgehead atoms. The van der Waals surface area contributed by atoms with Gasteiger partial charge in [-0.3, -0.25) is 53.0 Å². The fourth-order valence-corrected chi connectivity index (χ4v) is 12.0. The van der Waals surface area contributed by atoms with Crippen LogP contribution in [0.2, 0.25) is 0 Å². The Kier molecular flexibility index (Phi) is 33.1. The molecule has 1 fully saturated rings. The molecule has 0 saturated carbocycles. The van der Waals surface area contributed by atoms with Gasteiger partial charge in [0.1, 0.15) is 24.7 Å². The summed E-state index contributed by atoms with van der Waals surface area (Å²) in [5, 5.41) is 27.5. The molecule has 2 aliphatic rings. The first-order valence-corrected chi connectivity index (χ1v) is 33.1. The van der Waals surface area contributed by atoms with Gasteiger partial charge >= 0.3 is 12.1 Å². The number of primary amides is 1. The molecule has 12 amide bonds. The van der Waals surface area contributed by atoms with E-state index in [1.807, 2.05) is 39.0 Å².